The minimum absolute atomic E-state index is 0.402. The quantitative estimate of drug-likeness (QED) is 0.741. The molecule has 15 heavy (non-hydrogen) atoms. The fourth-order valence-electron chi connectivity index (χ4n) is 2.17. The number of anilines is 1. The SMILES string of the molecule is Cc1c(C(C)C)cnc2c1NCCC2O. The van der Waals surface area contributed by atoms with Crippen molar-refractivity contribution in [1.29, 1.82) is 0 Å². The summed E-state index contributed by atoms with van der Waals surface area (Å²) >= 11 is 0. The molecule has 0 aliphatic carbocycles. The monoisotopic (exact) mass is 206 g/mol. The number of pyridine rings is 1. The maximum Gasteiger partial charge on any atom is 0.0997 e. The molecule has 0 bridgehead atoms. The summed E-state index contributed by atoms with van der Waals surface area (Å²) in [4.78, 5) is 4.37. The lowest BCUT2D eigenvalue weighted by Gasteiger charge is -2.25. The van der Waals surface area contributed by atoms with Crippen molar-refractivity contribution in [3.8, 4) is 0 Å². The molecule has 1 unspecified atom stereocenters. The Hall–Kier alpha value is -1.09. The van der Waals surface area contributed by atoms with Crippen LogP contribution in [0.25, 0.3) is 0 Å². The number of hydrogen-bond donors (Lipinski definition) is 2. The molecule has 82 valence electrons. The highest BCUT2D eigenvalue weighted by molar-refractivity contribution is 5.59. The normalized spacial score (nSPS) is 19.9. The number of hydrogen-bond acceptors (Lipinski definition) is 3. The van der Waals surface area contributed by atoms with Gasteiger partial charge >= 0.3 is 0 Å². The Morgan fingerprint density at radius 3 is 2.93 bits per heavy atom. The third kappa shape index (κ3) is 1.72. The summed E-state index contributed by atoms with van der Waals surface area (Å²) in [6.07, 6.45) is 2.25. The summed E-state index contributed by atoms with van der Waals surface area (Å²) < 4.78 is 0. The standard InChI is InChI=1S/C12H18N2O/c1-7(2)9-6-14-12-10(15)4-5-13-11(12)8(9)3/h6-7,10,13,15H,4-5H2,1-3H3. The second-order valence-corrected chi connectivity index (χ2v) is 4.48. The average molecular weight is 206 g/mol. The Bertz CT molecular complexity index is 374. The lowest BCUT2D eigenvalue weighted by molar-refractivity contribution is 0.163. The van der Waals surface area contributed by atoms with Crippen molar-refractivity contribution < 1.29 is 5.11 Å². The minimum Gasteiger partial charge on any atom is -0.387 e. The van der Waals surface area contributed by atoms with Gasteiger partial charge in [0.2, 0.25) is 0 Å². The van der Waals surface area contributed by atoms with Gasteiger partial charge in [0, 0.05) is 12.7 Å². The smallest absolute Gasteiger partial charge is 0.0997 e. The second-order valence-electron chi connectivity index (χ2n) is 4.48. The van der Waals surface area contributed by atoms with Gasteiger partial charge in [-0.2, -0.15) is 0 Å². The second kappa shape index (κ2) is 3.81. The highest BCUT2D eigenvalue weighted by Crippen LogP contribution is 2.33. The number of nitrogens with zero attached hydrogens (tertiary/aromatic N) is 1. The molecule has 1 atom stereocenters. The van der Waals surface area contributed by atoms with Crippen molar-refractivity contribution in [2.24, 2.45) is 0 Å². The first kappa shape index (κ1) is 10.4. The zero-order valence-electron chi connectivity index (χ0n) is 9.54. The van der Waals surface area contributed by atoms with E-state index in [1.807, 2.05) is 6.20 Å². The summed E-state index contributed by atoms with van der Waals surface area (Å²) in [5.74, 6) is 0.476. The zero-order valence-corrected chi connectivity index (χ0v) is 9.54. The number of aliphatic hydroxyl groups excluding tert-OH is 1. The molecule has 1 aliphatic rings. The topological polar surface area (TPSA) is 45.2 Å². The molecule has 2 N–H and O–H groups in total. The fraction of sp³-hybridized carbons (Fsp3) is 0.583. The maximum absolute atomic E-state index is 9.81. The van der Waals surface area contributed by atoms with E-state index in [2.05, 4.69) is 31.1 Å². The molecule has 0 radical (unpaired) electrons. The summed E-state index contributed by atoms with van der Waals surface area (Å²) in [5.41, 5.74) is 4.34. The lowest BCUT2D eigenvalue weighted by atomic mass is 9.95. The van der Waals surface area contributed by atoms with Crippen molar-refractivity contribution in [2.45, 2.75) is 39.2 Å². The first-order chi connectivity index (χ1) is 7.11. The summed E-state index contributed by atoms with van der Waals surface area (Å²) in [6.45, 7) is 7.25. The van der Waals surface area contributed by atoms with Gasteiger partial charge in [-0.1, -0.05) is 13.8 Å². The third-order valence-electron chi connectivity index (χ3n) is 3.06. The lowest BCUT2D eigenvalue weighted by Crippen LogP contribution is -2.19. The van der Waals surface area contributed by atoms with Crippen molar-refractivity contribution in [1.82, 2.24) is 4.98 Å². The van der Waals surface area contributed by atoms with Crippen molar-refractivity contribution >= 4 is 5.69 Å². The maximum atomic E-state index is 9.81. The van der Waals surface area contributed by atoms with Crippen LogP contribution in [0, 0.1) is 6.92 Å². The molecule has 1 aliphatic heterocycles. The van der Waals surface area contributed by atoms with E-state index < -0.39 is 6.10 Å². The van der Waals surface area contributed by atoms with E-state index in [1.54, 1.807) is 0 Å². The van der Waals surface area contributed by atoms with Gasteiger partial charge in [-0.25, -0.2) is 0 Å². The van der Waals surface area contributed by atoms with Crippen molar-refractivity contribution in [3.63, 3.8) is 0 Å². The molecule has 3 heteroatoms. The third-order valence-corrected chi connectivity index (χ3v) is 3.06. The van der Waals surface area contributed by atoms with Crippen LogP contribution in [0.3, 0.4) is 0 Å². The molecule has 0 saturated heterocycles. The molecule has 0 spiro atoms. The van der Waals surface area contributed by atoms with Crippen molar-refractivity contribution in [3.05, 3.63) is 23.0 Å². The van der Waals surface area contributed by atoms with E-state index in [-0.39, 0.29) is 0 Å². The van der Waals surface area contributed by atoms with Crippen LogP contribution < -0.4 is 5.32 Å². The van der Waals surface area contributed by atoms with Crippen LogP contribution in [0.5, 0.6) is 0 Å². The number of aliphatic hydroxyl groups is 1. The first-order valence-corrected chi connectivity index (χ1v) is 5.52. The predicted molar refractivity (Wildman–Crippen MR) is 61.1 cm³/mol. The Balaban J connectivity index is 2.52. The number of fused-ring (bicyclic) bond motifs is 1. The number of nitrogens with one attached hydrogen (secondary N) is 1. The number of aromatic nitrogens is 1. The molecule has 0 aromatic carbocycles. The van der Waals surface area contributed by atoms with Gasteiger partial charge in [-0.15, -0.1) is 0 Å². The van der Waals surface area contributed by atoms with E-state index >= 15 is 0 Å². The van der Waals surface area contributed by atoms with Gasteiger partial charge in [-0.05, 0) is 30.4 Å². The molecule has 0 fully saturated rings. The molecule has 0 saturated carbocycles. The van der Waals surface area contributed by atoms with Crippen LogP contribution in [-0.2, 0) is 0 Å². The molecule has 3 nitrogen and oxygen atoms in total. The van der Waals surface area contributed by atoms with E-state index in [0.29, 0.717) is 5.92 Å². The molecular weight excluding hydrogens is 188 g/mol. The highest BCUT2D eigenvalue weighted by Gasteiger charge is 2.22. The highest BCUT2D eigenvalue weighted by atomic mass is 16.3. The van der Waals surface area contributed by atoms with Gasteiger partial charge < -0.3 is 10.4 Å². The van der Waals surface area contributed by atoms with Crippen LogP contribution in [0.1, 0.15) is 49.1 Å². The molecule has 2 rings (SSSR count). The summed E-state index contributed by atoms with van der Waals surface area (Å²) in [5, 5.41) is 13.1. The van der Waals surface area contributed by atoms with Gasteiger partial charge in [0.05, 0.1) is 17.5 Å². The van der Waals surface area contributed by atoms with E-state index in [0.717, 1.165) is 24.3 Å². The van der Waals surface area contributed by atoms with Crippen LogP contribution in [0.2, 0.25) is 0 Å². The van der Waals surface area contributed by atoms with Gasteiger partial charge in [0.1, 0.15) is 0 Å². The Labute approximate surface area is 90.5 Å². The van der Waals surface area contributed by atoms with E-state index in [1.165, 1.54) is 11.1 Å². The minimum atomic E-state index is -0.402. The fourth-order valence-corrected chi connectivity index (χ4v) is 2.17. The Morgan fingerprint density at radius 1 is 1.53 bits per heavy atom. The van der Waals surface area contributed by atoms with Crippen molar-refractivity contribution in [2.75, 3.05) is 11.9 Å². The van der Waals surface area contributed by atoms with E-state index in [9.17, 15) is 5.11 Å². The van der Waals surface area contributed by atoms with Crippen LogP contribution in [0.4, 0.5) is 5.69 Å². The summed E-state index contributed by atoms with van der Waals surface area (Å²) in [6, 6.07) is 0. The molecule has 2 heterocycles. The van der Waals surface area contributed by atoms with E-state index in [4.69, 9.17) is 0 Å². The summed E-state index contributed by atoms with van der Waals surface area (Å²) in [7, 11) is 0. The zero-order chi connectivity index (χ0) is 11.0. The Kier molecular flexibility index (Phi) is 2.65. The first-order valence-electron chi connectivity index (χ1n) is 5.52. The van der Waals surface area contributed by atoms with Crippen LogP contribution in [-0.4, -0.2) is 16.6 Å². The van der Waals surface area contributed by atoms with Gasteiger partial charge in [0.15, 0.2) is 0 Å². The van der Waals surface area contributed by atoms with Crippen LogP contribution in [0.15, 0.2) is 6.20 Å². The molecule has 1 aromatic rings. The molecule has 0 amide bonds. The van der Waals surface area contributed by atoms with Crippen LogP contribution >= 0.6 is 0 Å². The predicted octanol–water partition coefficient (Wildman–Crippen LogP) is 2.36. The Morgan fingerprint density at radius 2 is 2.27 bits per heavy atom. The molecular formula is C12H18N2O. The number of rotatable bonds is 1. The molecule has 1 aromatic heterocycles. The van der Waals surface area contributed by atoms with Gasteiger partial charge in [0.25, 0.3) is 0 Å². The average Bonchev–Trinajstić information content (AvgIpc) is 2.19. The van der Waals surface area contributed by atoms with Gasteiger partial charge in [-0.3, -0.25) is 4.98 Å². The largest absolute Gasteiger partial charge is 0.387 e.